The van der Waals surface area contributed by atoms with Gasteiger partial charge in [-0.15, -0.1) is 0 Å². The van der Waals surface area contributed by atoms with Gasteiger partial charge in [-0.25, -0.2) is 0 Å². The number of carbonyl (C=O) groups is 3. The van der Waals surface area contributed by atoms with Gasteiger partial charge in [-0.05, 0) is 13.3 Å². The van der Waals surface area contributed by atoms with E-state index in [0.29, 0.717) is 6.42 Å². The monoisotopic (exact) mass is 427 g/mol. The molecule has 3 amide bonds. The van der Waals surface area contributed by atoms with E-state index in [0.717, 1.165) is 19.3 Å². The van der Waals surface area contributed by atoms with Gasteiger partial charge < -0.3 is 21.1 Å². The van der Waals surface area contributed by atoms with Gasteiger partial charge in [0.2, 0.25) is 17.7 Å². The number of hydrogen-bond acceptors (Lipinski definition) is 4. The largest absolute Gasteiger partial charge is 0.394 e. The SMILES string of the molecule is CCCCCCCCCCCCCCCC(=O)N(C)C(CO)C(=O)NC(C)C(N)=O. The van der Waals surface area contributed by atoms with Crippen LogP contribution in [-0.2, 0) is 14.4 Å². The highest BCUT2D eigenvalue weighted by atomic mass is 16.3. The zero-order valence-electron chi connectivity index (χ0n) is 19.5. The van der Waals surface area contributed by atoms with Crippen molar-refractivity contribution in [3.8, 4) is 0 Å². The molecule has 0 aliphatic heterocycles. The minimum absolute atomic E-state index is 0.181. The van der Waals surface area contributed by atoms with E-state index in [4.69, 9.17) is 5.73 Å². The lowest BCUT2D eigenvalue weighted by Gasteiger charge is -2.26. The molecule has 0 aliphatic carbocycles. The third kappa shape index (κ3) is 13.6. The number of unbranched alkanes of at least 4 members (excludes halogenated alkanes) is 12. The predicted molar refractivity (Wildman–Crippen MR) is 121 cm³/mol. The topological polar surface area (TPSA) is 113 Å². The molecule has 0 rings (SSSR count). The Kier molecular flexibility index (Phi) is 17.2. The van der Waals surface area contributed by atoms with Crippen LogP contribution in [0, 0.1) is 0 Å². The van der Waals surface area contributed by atoms with E-state index in [1.54, 1.807) is 0 Å². The maximum atomic E-state index is 12.3. The van der Waals surface area contributed by atoms with Crippen molar-refractivity contribution in [3.63, 3.8) is 0 Å². The van der Waals surface area contributed by atoms with E-state index in [2.05, 4.69) is 12.2 Å². The van der Waals surface area contributed by atoms with E-state index in [1.807, 2.05) is 0 Å². The Hall–Kier alpha value is -1.63. The van der Waals surface area contributed by atoms with Crippen molar-refractivity contribution in [2.24, 2.45) is 5.73 Å². The summed E-state index contributed by atoms with van der Waals surface area (Å²) in [5.41, 5.74) is 5.13. The van der Waals surface area contributed by atoms with Crippen LogP contribution in [0.3, 0.4) is 0 Å². The summed E-state index contributed by atoms with van der Waals surface area (Å²) >= 11 is 0. The fourth-order valence-corrected chi connectivity index (χ4v) is 3.41. The maximum absolute atomic E-state index is 12.3. The molecule has 7 heteroatoms. The molecule has 4 N–H and O–H groups in total. The normalized spacial score (nSPS) is 12.9. The number of nitrogens with zero attached hydrogens (tertiary/aromatic N) is 1. The van der Waals surface area contributed by atoms with Crippen LogP contribution in [0.4, 0.5) is 0 Å². The lowest BCUT2D eigenvalue weighted by atomic mass is 10.0. The van der Waals surface area contributed by atoms with E-state index in [1.165, 1.54) is 83.1 Å². The number of likely N-dealkylation sites (N-methyl/N-ethyl adjacent to an activating group) is 1. The number of hydrogen-bond donors (Lipinski definition) is 3. The van der Waals surface area contributed by atoms with Crippen LogP contribution < -0.4 is 11.1 Å². The number of carbonyl (C=O) groups excluding carboxylic acids is 3. The first-order valence-corrected chi connectivity index (χ1v) is 11.8. The highest BCUT2D eigenvalue weighted by Crippen LogP contribution is 2.13. The van der Waals surface area contributed by atoms with E-state index >= 15 is 0 Å². The van der Waals surface area contributed by atoms with Crippen molar-refractivity contribution in [1.29, 1.82) is 0 Å². The van der Waals surface area contributed by atoms with Crippen LogP contribution >= 0.6 is 0 Å². The Morgan fingerprint density at radius 2 is 1.30 bits per heavy atom. The van der Waals surface area contributed by atoms with Crippen LogP contribution in [0.25, 0.3) is 0 Å². The van der Waals surface area contributed by atoms with E-state index in [-0.39, 0.29) is 5.91 Å². The maximum Gasteiger partial charge on any atom is 0.245 e. The molecule has 0 heterocycles. The molecule has 0 bridgehead atoms. The van der Waals surface area contributed by atoms with Crippen LogP contribution in [-0.4, -0.2) is 53.5 Å². The quantitative estimate of drug-likeness (QED) is 0.275. The highest BCUT2D eigenvalue weighted by molar-refractivity contribution is 5.91. The average Bonchev–Trinajstić information content (AvgIpc) is 2.71. The molecule has 0 aromatic heterocycles. The number of aliphatic hydroxyl groups excluding tert-OH is 1. The molecule has 2 atom stereocenters. The van der Waals surface area contributed by atoms with Crippen molar-refractivity contribution in [1.82, 2.24) is 10.2 Å². The number of amides is 3. The average molecular weight is 428 g/mol. The molecular weight excluding hydrogens is 382 g/mol. The second-order valence-corrected chi connectivity index (χ2v) is 8.33. The van der Waals surface area contributed by atoms with Crippen LogP contribution in [0.15, 0.2) is 0 Å². The number of primary amides is 1. The summed E-state index contributed by atoms with van der Waals surface area (Å²) in [6, 6.07) is -1.86. The van der Waals surface area contributed by atoms with Gasteiger partial charge in [-0.1, -0.05) is 84.0 Å². The smallest absolute Gasteiger partial charge is 0.245 e. The van der Waals surface area contributed by atoms with E-state index < -0.39 is 30.5 Å². The highest BCUT2D eigenvalue weighted by Gasteiger charge is 2.27. The fourth-order valence-electron chi connectivity index (χ4n) is 3.41. The molecule has 0 radical (unpaired) electrons. The summed E-state index contributed by atoms with van der Waals surface area (Å²) in [6.07, 6.45) is 16.4. The Morgan fingerprint density at radius 3 is 1.70 bits per heavy atom. The summed E-state index contributed by atoms with van der Waals surface area (Å²) in [7, 11) is 1.50. The summed E-state index contributed by atoms with van der Waals surface area (Å²) in [5.74, 6) is -1.43. The first-order chi connectivity index (χ1) is 14.3. The second-order valence-electron chi connectivity index (χ2n) is 8.33. The van der Waals surface area contributed by atoms with Crippen LogP contribution in [0.5, 0.6) is 0 Å². The number of aliphatic hydroxyl groups is 1. The minimum Gasteiger partial charge on any atom is -0.394 e. The Morgan fingerprint density at radius 1 is 0.867 bits per heavy atom. The van der Waals surface area contributed by atoms with Gasteiger partial charge in [-0.2, -0.15) is 0 Å². The third-order valence-corrected chi connectivity index (χ3v) is 5.62. The molecule has 0 saturated carbocycles. The van der Waals surface area contributed by atoms with Crippen molar-refractivity contribution in [2.75, 3.05) is 13.7 Å². The Balaban J connectivity index is 3.84. The third-order valence-electron chi connectivity index (χ3n) is 5.62. The molecule has 0 aliphatic rings. The van der Waals surface area contributed by atoms with Crippen molar-refractivity contribution in [2.45, 2.75) is 116 Å². The van der Waals surface area contributed by atoms with Gasteiger partial charge in [0.1, 0.15) is 12.1 Å². The number of rotatable bonds is 19. The molecule has 0 spiro atoms. The van der Waals surface area contributed by atoms with Crippen molar-refractivity contribution < 1.29 is 19.5 Å². The summed E-state index contributed by atoms with van der Waals surface area (Å²) < 4.78 is 0. The molecule has 2 unspecified atom stereocenters. The van der Waals surface area contributed by atoms with Gasteiger partial charge in [-0.3, -0.25) is 14.4 Å². The molecular formula is C23H45N3O4. The zero-order valence-corrected chi connectivity index (χ0v) is 19.5. The lowest BCUT2D eigenvalue weighted by molar-refractivity contribution is -0.141. The molecule has 30 heavy (non-hydrogen) atoms. The minimum atomic E-state index is -1.01. The van der Waals surface area contributed by atoms with Gasteiger partial charge in [0.25, 0.3) is 0 Å². The lowest BCUT2D eigenvalue weighted by Crippen LogP contribution is -2.53. The van der Waals surface area contributed by atoms with Gasteiger partial charge in [0.05, 0.1) is 6.61 Å². The molecule has 0 aromatic rings. The summed E-state index contributed by atoms with van der Waals surface area (Å²) in [5, 5.41) is 11.9. The predicted octanol–water partition coefficient (Wildman–Crippen LogP) is 3.28. The molecule has 0 fully saturated rings. The van der Waals surface area contributed by atoms with E-state index in [9.17, 15) is 19.5 Å². The van der Waals surface area contributed by atoms with Crippen LogP contribution in [0.1, 0.15) is 104 Å². The van der Waals surface area contributed by atoms with Crippen LogP contribution in [0.2, 0.25) is 0 Å². The Bertz CT molecular complexity index is 485. The molecule has 0 aromatic carbocycles. The Labute approximate surface area is 183 Å². The van der Waals surface area contributed by atoms with Crippen molar-refractivity contribution in [3.05, 3.63) is 0 Å². The number of nitrogens with two attached hydrogens (primary N) is 1. The van der Waals surface area contributed by atoms with Gasteiger partial charge in [0, 0.05) is 13.5 Å². The molecule has 176 valence electrons. The first kappa shape index (κ1) is 28.4. The first-order valence-electron chi connectivity index (χ1n) is 11.8. The summed E-state index contributed by atoms with van der Waals surface area (Å²) in [6.45, 7) is 3.20. The fraction of sp³-hybridized carbons (Fsp3) is 0.870. The number of nitrogens with one attached hydrogen (secondary N) is 1. The molecule has 0 saturated heterocycles. The van der Waals surface area contributed by atoms with Gasteiger partial charge in [0.15, 0.2) is 0 Å². The second kappa shape index (κ2) is 18.2. The standard InChI is InChI=1S/C23H45N3O4/c1-4-5-6-7-8-9-10-11-12-13-14-15-16-17-21(28)26(3)20(18-27)23(30)25-19(2)22(24)29/h19-20,27H,4-18H2,1-3H3,(H2,24,29)(H,25,30). The molecule has 7 nitrogen and oxygen atoms in total. The van der Waals surface area contributed by atoms with Crippen molar-refractivity contribution >= 4 is 17.7 Å². The van der Waals surface area contributed by atoms with Gasteiger partial charge >= 0.3 is 0 Å². The zero-order chi connectivity index (χ0) is 22.8. The summed E-state index contributed by atoms with van der Waals surface area (Å²) in [4.78, 5) is 36.8.